The molecule has 0 saturated heterocycles. The Bertz CT molecular complexity index is 817. The van der Waals surface area contributed by atoms with Gasteiger partial charge in [0, 0.05) is 10.6 Å². The maximum atomic E-state index is 6.08. The quantitative estimate of drug-likeness (QED) is 0.663. The number of thiazole rings is 1. The molecular weight excluding hydrogens is 327 g/mol. The number of anilines is 1. The van der Waals surface area contributed by atoms with Gasteiger partial charge in [0.2, 0.25) is 0 Å². The Morgan fingerprint density at radius 2 is 2.05 bits per heavy atom. The number of hydrogen-bond acceptors (Lipinski definition) is 4. The van der Waals surface area contributed by atoms with E-state index in [0.29, 0.717) is 22.3 Å². The molecule has 0 bridgehead atoms. The molecule has 3 rings (SSSR count). The third-order valence-corrected chi connectivity index (χ3v) is 4.58. The van der Waals surface area contributed by atoms with Gasteiger partial charge in [-0.3, -0.25) is 0 Å². The van der Waals surface area contributed by atoms with Gasteiger partial charge in [-0.2, -0.15) is 0 Å². The molecule has 2 aromatic carbocycles. The van der Waals surface area contributed by atoms with Gasteiger partial charge in [0.25, 0.3) is 0 Å². The van der Waals surface area contributed by atoms with Crippen molar-refractivity contribution in [2.24, 2.45) is 0 Å². The van der Waals surface area contributed by atoms with E-state index in [1.807, 2.05) is 25.1 Å². The van der Waals surface area contributed by atoms with Gasteiger partial charge in [0.1, 0.15) is 10.8 Å². The number of nitrogens with two attached hydrogens (primary N) is 1. The van der Waals surface area contributed by atoms with Crippen LogP contribution in [0.15, 0.2) is 30.3 Å². The van der Waals surface area contributed by atoms with Crippen LogP contribution in [0, 0.1) is 0 Å². The first kappa shape index (κ1) is 14.4. The highest BCUT2D eigenvalue weighted by molar-refractivity contribution is 7.21. The van der Waals surface area contributed by atoms with Crippen molar-refractivity contribution in [3.05, 3.63) is 40.4 Å². The molecule has 0 radical (unpaired) electrons. The van der Waals surface area contributed by atoms with Crippen molar-refractivity contribution >= 4 is 50.4 Å². The van der Waals surface area contributed by atoms with Crippen molar-refractivity contribution in [1.82, 2.24) is 4.98 Å². The maximum absolute atomic E-state index is 6.08. The topological polar surface area (TPSA) is 48.1 Å². The minimum atomic E-state index is 0.437. The lowest BCUT2D eigenvalue weighted by Gasteiger charge is -2.05. The zero-order valence-electron chi connectivity index (χ0n) is 11.2. The standard InChI is InChI=1S/C15H12Cl2N2OS/c1-2-20-9-3-4-12-13(7-9)21-15(19-12)10-5-8(16)6-11(17)14(10)18/h3-7H,2,18H2,1H3. The van der Waals surface area contributed by atoms with Crippen molar-refractivity contribution in [2.75, 3.05) is 12.3 Å². The summed E-state index contributed by atoms with van der Waals surface area (Å²) in [4.78, 5) is 4.59. The largest absolute Gasteiger partial charge is 0.494 e. The van der Waals surface area contributed by atoms with Crippen LogP contribution in [0.1, 0.15) is 6.92 Å². The van der Waals surface area contributed by atoms with Crippen LogP contribution in [0.25, 0.3) is 20.8 Å². The van der Waals surface area contributed by atoms with E-state index < -0.39 is 0 Å². The molecule has 1 aromatic heterocycles. The van der Waals surface area contributed by atoms with E-state index in [-0.39, 0.29) is 0 Å². The zero-order chi connectivity index (χ0) is 15.0. The summed E-state index contributed by atoms with van der Waals surface area (Å²) < 4.78 is 6.54. The fourth-order valence-electron chi connectivity index (χ4n) is 2.04. The highest BCUT2D eigenvalue weighted by atomic mass is 35.5. The molecule has 0 aliphatic heterocycles. The van der Waals surface area contributed by atoms with Gasteiger partial charge in [-0.15, -0.1) is 11.3 Å². The van der Waals surface area contributed by atoms with Gasteiger partial charge in [-0.1, -0.05) is 23.2 Å². The molecule has 0 aliphatic carbocycles. The second-order valence-corrected chi connectivity index (χ2v) is 6.30. The number of nitrogens with zero attached hydrogens (tertiary/aromatic N) is 1. The van der Waals surface area contributed by atoms with Gasteiger partial charge < -0.3 is 10.5 Å². The van der Waals surface area contributed by atoms with Crippen LogP contribution in [-0.4, -0.2) is 11.6 Å². The molecule has 0 unspecified atom stereocenters. The first-order chi connectivity index (χ1) is 10.1. The monoisotopic (exact) mass is 338 g/mol. The summed E-state index contributed by atoms with van der Waals surface area (Å²) >= 11 is 13.7. The van der Waals surface area contributed by atoms with Crippen molar-refractivity contribution in [1.29, 1.82) is 0 Å². The van der Waals surface area contributed by atoms with Crippen LogP contribution < -0.4 is 10.5 Å². The first-order valence-electron chi connectivity index (χ1n) is 6.36. The number of aromatic nitrogens is 1. The molecule has 0 saturated carbocycles. The zero-order valence-corrected chi connectivity index (χ0v) is 13.5. The molecule has 2 N–H and O–H groups in total. The van der Waals surface area contributed by atoms with Crippen molar-refractivity contribution < 1.29 is 4.74 Å². The molecule has 108 valence electrons. The first-order valence-corrected chi connectivity index (χ1v) is 7.94. The average molecular weight is 339 g/mol. The van der Waals surface area contributed by atoms with Gasteiger partial charge in [-0.05, 0) is 37.3 Å². The van der Waals surface area contributed by atoms with E-state index in [0.717, 1.165) is 26.5 Å². The summed E-state index contributed by atoms with van der Waals surface area (Å²) in [6.07, 6.45) is 0. The van der Waals surface area contributed by atoms with Crippen LogP contribution >= 0.6 is 34.5 Å². The molecule has 0 atom stereocenters. The summed E-state index contributed by atoms with van der Waals surface area (Å²) in [7, 11) is 0. The summed E-state index contributed by atoms with van der Waals surface area (Å²) in [6.45, 7) is 2.59. The molecule has 0 spiro atoms. The molecule has 0 fully saturated rings. The Labute approximate surface area is 136 Å². The van der Waals surface area contributed by atoms with E-state index in [9.17, 15) is 0 Å². The Morgan fingerprint density at radius 3 is 2.81 bits per heavy atom. The third-order valence-electron chi connectivity index (χ3n) is 3.00. The molecule has 6 heteroatoms. The Balaban J connectivity index is 2.13. The van der Waals surface area contributed by atoms with Gasteiger partial charge >= 0.3 is 0 Å². The lowest BCUT2D eigenvalue weighted by atomic mass is 10.2. The van der Waals surface area contributed by atoms with Crippen LogP contribution in [0.3, 0.4) is 0 Å². The van der Waals surface area contributed by atoms with Crippen LogP contribution in [0.5, 0.6) is 5.75 Å². The number of hydrogen-bond donors (Lipinski definition) is 1. The average Bonchev–Trinajstić information content (AvgIpc) is 2.86. The highest BCUT2D eigenvalue weighted by Gasteiger charge is 2.13. The van der Waals surface area contributed by atoms with Gasteiger partial charge in [0.05, 0.1) is 27.5 Å². The van der Waals surface area contributed by atoms with Gasteiger partial charge in [0.15, 0.2) is 0 Å². The number of halogens is 2. The van der Waals surface area contributed by atoms with Crippen molar-refractivity contribution in [2.45, 2.75) is 6.92 Å². The summed E-state index contributed by atoms with van der Waals surface area (Å²) in [5.41, 5.74) is 8.18. The van der Waals surface area contributed by atoms with Crippen LogP contribution in [0.4, 0.5) is 5.69 Å². The molecule has 0 aliphatic rings. The normalized spacial score (nSPS) is 11.0. The van der Waals surface area contributed by atoms with E-state index >= 15 is 0 Å². The minimum Gasteiger partial charge on any atom is -0.494 e. The Morgan fingerprint density at radius 1 is 1.24 bits per heavy atom. The van der Waals surface area contributed by atoms with E-state index in [4.69, 9.17) is 33.7 Å². The summed E-state index contributed by atoms with van der Waals surface area (Å²) in [5, 5.41) is 1.77. The molecule has 1 heterocycles. The maximum Gasteiger partial charge on any atom is 0.126 e. The van der Waals surface area contributed by atoms with E-state index in [1.165, 1.54) is 11.3 Å². The summed E-state index contributed by atoms with van der Waals surface area (Å²) in [5.74, 6) is 0.831. The van der Waals surface area contributed by atoms with Crippen LogP contribution in [0.2, 0.25) is 10.0 Å². The number of nitrogen functional groups attached to an aromatic ring is 1. The molecule has 0 amide bonds. The third kappa shape index (κ3) is 2.79. The van der Waals surface area contributed by atoms with Crippen molar-refractivity contribution in [3.8, 4) is 16.3 Å². The molecular formula is C15H12Cl2N2OS. The number of ether oxygens (including phenoxy) is 1. The van der Waals surface area contributed by atoms with E-state index in [2.05, 4.69) is 4.98 Å². The smallest absolute Gasteiger partial charge is 0.126 e. The summed E-state index contributed by atoms with van der Waals surface area (Å²) in [6, 6.07) is 9.22. The molecule has 21 heavy (non-hydrogen) atoms. The predicted octanol–water partition coefficient (Wildman–Crippen LogP) is 5.25. The SMILES string of the molecule is CCOc1ccc2nc(-c3cc(Cl)cc(Cl)c3N)sc2c1. The highest BCUT2D eigenvalue weighted by Crippen LogP contribution is 2.39. The van der Waals surface area contributed by atoms with Gasteiger partial charge in [-0.25, -0.2) is 4.98 Å². The van der Waals surface area contributed by atoms with Crippen molar-refractivity contribution in [3.63, 3.8) is 0 Å². The minimum absolute atomic E-state index is 0.437. The Hall–Kier alpha value is -1.49. The molecule has 3 aromatic rings. The fourth-order valence-corrected chi connectivity index (χ4v) is 3.56. The number of benzene rings is 2. The predicted molar refractivity (Wildman–Crippen MR) is 90.7 cm³/mol. The lowest BCUT2D eigenvalue weighted by Crippen LogP contribution is -1.91. The molecule has 3 nitrogen and oxygen atoms in total. The second-order valence-electron chi connectivity index (χ2n) is 4.43. The van der Waals surface area contributed by atoms with Crippen LogP contribution in [-0.2, 0) is 0 Å². The van der Waals surface area contributed by atoms with E-state index in [1.54, 1.807) is 12.1 Å². The Kier molecular flexibility index (Phi) is 3.93. The number of rotatable bonds is 3. The number of fused-ring (bicyclic) bond motifs is 1. The lowest BCUT2D eigenvalue weighted by molar-refractivity contribution is 0.341. The second kappa shape index (κ2) is 5.72. The fraction of sp³-hybridized carbons (Fsp3) is 0.133.